The fourth-order valence-electron chi connectivity index (χ4n) is 3.80. The molecule has 1 N–H and O–H groups in total. The first-order chi connectivity index (χ1) is 16.8. The number of amidine groups is 2. The highest BCUT2D eigenvalue weighted by Crippen LogP contribution is 2.32. The Labute approximate surface area is 198 Å². The largest absolute Gasteiger partial charge is 0.462 e. The fourth-order valence-corrected chi connectivity index (χ4v) is 3.80. The maximum Gasteiger partial charge on any atom is 0.433 e. The number of allylic oxidation sites excluding steroid dienone is 1. The lowest BCUT2D eigenvalue weighted by atomic mass is 9.91. The number of nitrogens with zero attached hydrogens (tertiary/aromatic N) is 4. The second-order valence-corrected chi connectivity index (χ2v) is 7.74. The third-order valence-corrected chi connectivity index (χ3v) is 5.39. The minimum Gasteiger partial charge on any atom is -0.462 e. The summed E-state index contributed by atoms with van der Waals surface area (Å²) in [5, 5.41) is 2.89. The zero-order valence-corrected chi connectivity index (χ0v) is 18.6. The topological polar surface area (TPSA) is 88.8 Å². The highest BCUT2D eigenvalue weighted by Gasteiger charge is 2.34. The first-order valence-electron chi connectivity index (χ1n) is 10.9. The minimum absolute atomic E-state index is 0.0275. The van der Waals surface area contributed by atoms with E-state index in [1.54, 1.807) is 13.0 Å². The Kier molecular flexibility index (Phi) is 7.04. The van der Waals surface area contributed by atoms with Crippen molar-refractivity contribution < 1.29 is 27.1 Å². The highest BCUT2D eigenvalue weighted by atomic mass is 19.4. The monoisotopic (exact) mass is 487 g/mol. The van der Waals surface area contributed by atoms with Crippen LogP contribution < -0.4 is 5.32 Å². The number of halogens is 4. The van der Waals surface area contributed by atoms with Gasteiger partial charge in [-0.3, -0.25) is 9.98 Å². The number of ether oxygens (including phenoxy) is 1. The number of fused-ring (bicyclic) bond motifs is 1. The molecule has 3 heterocycles. The second-order valence-electron chi connectivity index (χ2n) is 7.74. The second kappa shape index (κ2) is 10.2. The lowest BCUT2D eigenvalue weighted by molar-refractivity contribution is -0.141. The maximum atomic E-state index is 14.5. The van der Waals surface area contributed by atoms with E-state index in [4.69, 9.17) is 4.74 Å². The van der Waals surface area contributed by atoms with Crippen molar-refractivity contribution in [2.45, 2.75) is 25.9 Å². The third kappa shape index (κ3) is 5.44. The van der Waals surface area contributed by atoms with Gasteiger partial charge in [-0.25, -0.2) is 19.2 Å². The Morgan fingerprint density at radius 1 is 1.26 bits per heavy atom. The molecule has 182 valence electrons. The molecule has 2 aliphatic rings. The van der Waals surface area contributed by atoms with Crippen molar-refractivity contribution in [3.05, 3.63) is 77.2 Å². The summed E-state index contributed by atoms with van der Waals surface area (Å²) in [7, 11) is 0. The molecule has 0 spiro atoms. The molecule has 11 heteroatoms. The van der Waals surface area contributed by atoms with Crippen molar-refractivity contribution in [1.29, 1.82) is 0 Å². The van der Waals surface area contributed by atoms with E-state index < -0.39 is 23.7 Å². The molecular weight excluding hydrogens is 466 g/mol. The van der Waals surface area contributed by atoms with Gasteiger partial charge in [-0.2, -0.15) is 13.2 Å². The lowest BCUT2D eigenvalue weighted by Gasteiger charge is -2.20. The normalized spacial score (nSPS) is 18.1. The van der Waals surface area contributed by atoms with Crippen LogP contribution in [0.2, 0.25) is 0 Å². The number of anilines is 1. The van der Waals surface area contributed by atoms with Gasteiger partial charge in [0.1, 0.15) is 17.2 Å². The summed E-state index contributed by atoms with van der Waals surface area (Å²) in [4.78, 5) is 29.1. The van der Waals surface area contributed by atoms with Crippen LogP contribution in [0.25, 0.3) is 0 Å². The summed E-state index contributed by atoms with van der Waals surface area (Å²) in [5.41, 5.74) is -0.489. The minimum atomic E-state index is -4.65. The predicted octanol–water partition coefficient (Wildman–Crippen LogP) is 4.73. The van der Waals surface area contributed by atoms with Crippen molar-refractivity contribution in [3.8, 4) is 0 Å². The van der Waals surface area contributed by atoms with E-state index in [9.17, 15) is 22.4 Å². The Balaban J connectivity index is 1.89. The molecule has 0 amide bonds. The van der Waals surface area contributed by atoms with Gasteiger partial charge in [-0.05, 0) is 38.0 Å². The van der Waals surface area contributed by atoms with Gasteiger partial charge in [0.2, 0.25) is 0 Å². The molecule has 1 unspecified atom stereocenters. The molecule has 35 heavy (non-hydrogen) atoms. The van der Waals surface area contributed by atoms with Crippen LogP contribution in [0.3, 0.4) is 0 Å². The van der Waals surface area contributed by atoms with Crippen molar-refractivity contribution in [2.75, 3.05) is 18.5 Å². The average molecular weight is 487 g/mol. The van der Waals surface area contributed by atoms with E-state index >= 15 is 0 Å². The van der Waals surface area contributed by atoms with Gasteiger partial charge in [0, 0.05) is 24.2 Å². The predicted molar refractivity (Wildman–Crippen MR) is 121 cm³/mol. The van der Waals surface area contributed by atoms with E-state index in [1.165, 1.54) is 24.4 Å². The number of rotatable bonds is 4. The van der Waals surface area contributed by atoms with Gasteiger partial charge in [0.15, 0.2) is 11.7 Å². The molecule has 1 aliphatic heterocycles. The number of esters is 1. The Hall–Kier alpha value is -3.89. The van der Waals surface area contributed by atoms with Crippen molar-refractivity contribution in [2.24, 2.45) is 15.9 Å². The quantitative estimate of drug-likeness (QED) is 0.498. The Morgan fingerprint density at radius 3 is 2.83 bits per heavy atom. The molecule has 4 rings (SSSR count). The van der Waals surface area contributed by atoms with Crippen LogP contribution in [0.1, 0.15) is 31.2 Å². The van der Waals surface area contributed by atoms with E-state index in [-0.39, 0.29) is 47.7 Å². The smallest absolute Gasteiger partial charge is 0.433 e. The van der Waals surface area contributed by atoms with Crippen LogP contribution in [0.5, 0.6) is 0 Å². The SMILES string of the molecule is CCOC(=O)C1=C2C(Nc3ccncc3F)=NC(c3cccc(C(F)(F)F)n3)=NCC2CCC=C1. The van der Waals surface area contributed by atoms with Crippen LogP contribution in [0, 0.1) is 11.7 Å². The first kappa shape index (κ1) is 24.2. The lowest BCUT2D eigenvalue weighted by Crippen LogP contribution is -2.26. The number of pyridine rings is 2. The van der Waals surface area contributed by atoms with Gasteiger partial charge in [0.05, 0.1) is 24.1 Å². The zero-order valence-electron chi connectivity index (χ0n) is 18.6. The van der Waals surface area contributed by atoms with Gasteiger partial charge < -0.3 is 10.1 Å². The van der Waals surface area contributed by atoms with E-state index in [0.29, 0.717) is 18.4 Å². The zero-order chi connectivity index (χ0) is 25.0. The molecular formula is C24H21F4N5O2. The van der Waals surface area contributed by atoms with E-state index in [0.717, 1.165) is 12.3 Å². The summed E-state index contributed by atoms with van der Waals surface area (Å²) >= 11 is 0. The van der Waals surface area contributed by atoms with E-state index in [2.05, 4.69) is 25.3 Å². The summed E-state index contributed by atoms with van der Waals surface area (Å²) in [5.74, 6) is -1.58. The number of aromatic nitrogens is 2. The highest BCUT2D eigenvalue weighted by molar-refractivity contribution is 6.19. The number of hydrogen-bond donors (Lipinski definition) is 1. The Morgan fingerprint density at radius 2 is 2.09 bits per heavy atom. The standard InChI is InChI=1S/C24H21F4N5O2/c1-2-35-23(34)15-7-4-3-6-14-12-30-21(18-8-5-9-19(31-18)24(26,27)28)33-22(20(14)15)32-17-10-11-29-13-16(17)25/h4-5,7-11,13-14H,2-3,6,12H2,1H3,(H,29,30,32,33). The molecule has 2 aromatic rings. The molecule has 0 saturated heterocycles. The van der Waals surface area contributed by atoms with Crippen LogP contribution in [-0.4, -0.2) is 40.8 Å². The number of carbonyl (C=O) groups excluding carboxylic acids is 1. The number of carbonyl (C=O) groups is 1. The number of hydrogen-bond acceptors (Lipinski definition) is 7. The third-order valence-electron chi connectivity index (χ3n) is 5.39. The van der Waals surface area contributed by atoms with E-state index in [1.807, 2.05) is 6.08 Å². The van der Waals surface area contributed by atoms with Crippen molar-refractivity contribution in [3.63, 3.8) is 0 Å². The summed E-state index contributed by atoms with van der Waals surface area (Å²) < 4.78 is 59.5. The molecule has 1 atom stereocenters. The molecule has 0 fully saturated rings. The number of aliphatic imine (C=N–C) groups is 2. The van der Waals surface area contributed by atoms with Gasteiger partial charge in [-0.15, -0.1) is 0 Å². The molecule has 0 saturated carbocycles. The van der Waals surface area contributed by atoms with Gasteiger partial charge in [0.25, 0.3) is 0 Å². The van der Waals surface area contributed by atoms with Crippen LogP contribution in [0.4, 0.5) is 23.2 Å². The Bertz CT molecular complexity index is 1250. The molecule has 2 aromatic heterocycles. The average Bonchev–Trinajstić information content (AvgIpc) is 3.14. The molecule has 7 nitrogen and oxygen atoms in total. The summed E-state index contributed by atoms with van der Waals surface area (Å²) in [6.45, 7) is 1.96. The number of nitrogens with one attached hydrogen (secondary N) is 1. The summed E-state index contributed by atoms with van der Waals surface area (Å²) in [6, 6.07) is 4.82. The molecule has 1 aliphatic carbocycles. The number of alkyl halides is 3. The fraction of sp³-hybridized carbons (Fsp3) is 0.292. The summed E-state index contributed by atoms with van der Waals surface area (Å²) in [6.07, 6.45) is 2.40. The van der Waals surface area contributed by atoms with Gasteiger partial charge in [-0.1, -0.05) is 18.2 Å². The molecule has 0 bridgehead atoms. The molecule has 0 radical (unpaired) electrons. The van der Waals surface area contributed by atoms with Crippen LogP contribution in [-0.2, 0) is 15.7 Å². The van der Waals surface area contributed by atoms with Gasteiger partial charge >= 0.3 is 12.1 Å². The maximum absolute atomic E-state index is 14.5. The van der Waals surface area contributed by atoms with Crippen LogP contribution in [0.15, 0.2) is 69.9 Å². The molecule has 0 aromatic carbocycles. The first-order valence-corrected chi connectivity index (χ1v) is 10.9. The van der Waals surface area contributed by atoms with Crippen molar-refractivity contribution >= 4 is 23.3 Å². The van der Waals surface area contributed by atoms with Crippen LogP contribution >= 0.6 is 0 Å². The van der Waals surface area contributed by atoms with Crippen molar-refractivity contribution in [1.82, 2.24) is 9.97 Å².